The Bertz CT molecular complexity index is 939. The Morgan fingerprint density at radius 3 is 2.85 bits per heavy atom. The molecule has 27 heavy (non-hydrogen) atoms. The number of benzene rings is 1. The van der Waals surface area contributed by atoms with Gasteiger partial charge in [-0.1, -0.05) is 17.7 Å². The van der Waals surface area contributed by atoms with Crippen LogP contribution in [0.2, 0.25) is 0 Å². The van der Waals surface area contributed by atoms with Gasteiger partial charge in [0.15, 0.2) is 5.78 Å². The number of methoxy groups -OCH3 is 1. The number of carbonyl (C=O) groups is 2. The lowest BCUT2D eigenvalue weighted by molar-refractivity contribution is -0.145. The maximum Gasteiger partial charge on any atom is 0.161 e. The first-order valence-corrected chi connectivity index (χ1v) is 9.88. The maximum atomic E-state index is 14.2. The Hall–Kier alpha value is -2.14. The monoisotopic (exact) mass is 364 g/mol. The zero-order chi connectivity index (χ0) is 18.7. The molecule has 1 spiro atoms. The number of rotatable bonds is 2. The summed E-state index contributed by atoms with van der Waals surface area (Å²) in [6, 6.07) is 6.56. The second-order valence-corrected chi connectivity index (χ2v) is 8.90. The van der Waals surface area contributed by atoms with Crippen LogP contribution < -0.4 is 9.64 Å². The van der Waals surface area contributed by atoms with Crippen LogP contribution in [-0.2, 0) is 15.0 Å². The Kier molecular flexibility index (Phi) is 2.73. The van der Waals surface area contributed by atoms with Crippen LogP contribution in [0.1, 0.15) is 25.3 Å². The molecule has 6 aliphatic rings. The number of hydrogen-bond acceptors (Lipinski definition) is 5. The van der Waals surface area contributed by atoms with Gasteiger partial charge in [-0.05, 0) is 31.4 Å². The average molecular weight is 364 g/mol. The lowest BCUT2D eigenvalue weighted by Gasteiger charge is -2.60. The van der Waals surface area contributed by atoms with Crippen LogP contribution >= 0.6 is 0 Å². The second-order valence-electron chi connectivity index (χ2n) is 8.90. The van der Waals surface area contributed by atoms with Crippen LogP contribution in [0.25, 0.3) is 0 Å². The predicted molar refractivity (Wildman–Crippen MR) is 101 cm³/mol. The van der Waals surface area contributed by atoms with Crippen molar-refractivity contribution in [2.24, 2.45) is 11.3 Å². The summed E-state index contributed by atoms with van der Waals surface area (Å²) in [6.45, 7) is 2.95. The summed E-state index contributed by atoms with van der Waals surface area (Å²) >= 11 is 0. The highest BCUT2D eigenvalue weighted by Crippen LogP contribution is 2.70. The summed E-state index contributed by atoms with van der Waals surface area (Å²) in [5.74, 6) is 1.06. The van der Waals surface area contributed by atoms with E-state index < -0.39 is 10.8 Å². The van der Waals surface area contributed by atoms with E-state index in [9.17, 15) is 9.59 Å². The number of Topliss-reactive ketones (excluding diaryl/α,β-unsaturated/α-hetero) is 1. The van der Waals surface area contributed by atoms with Crippen LogP contribution in [0.5, 0.6) is 5.75 Å². The molecule has 1 aliphatic carbocycles. The van der Waals surface area contributed by atoms with Crippen molar-refractivity contribution in [1.29, 1.82) is 0 Å². The highest BCUT2D eigenvalue weighted by molar-refractivity contribution is 6.12. The van der Waals surface area contributed by atoms with Crippen molar-refractivity contribution in [1.82, 2.24) is 4.90 Å². The number of hydrogen-bond donors (Lipinski definition) is 0. The van der Waals surface area contributed by atoms with Gasteiger partial charge in [0.1, 0.15) is 17.5 Å². The van der Waals surface area contributed by atoms with Crippen LogP contribution in [0.3, 0.4) is 0 Å². The fourth-order valence-electron chi connectivity index (χ4n) is 7.53. The largest absolute Gasteiger partial charge is 0.497 e. The van der Waals surface area contributed by atoms with Crippen LogP contribution in [-0.4, -0.2) is 55.8 Å². The number of piperidine rings is 4. The van der Waals surface area contributed by atoms with E-state index in [1.54, 1.807) is 7.11 Å². The van der Waals surface area contributed by atoms with Gasteiger partial charge in [-0.2, -0.15) is 0 Å². The molecule has 0 aromatic heterocycles. The molecule has 3 unspecified atom stereocenters. The second kappa shape index (κ2) is 4.64. The first-order chi connectivity index (χ1) is 13.0. The van der Waals surface area contributed by atoms with Crippen molar-refractivity contribution in [2.75, 3.05) is 25.6 Å². The van der Waals surface area contributed by atoms with Crippen molar-refractivity contribution in [3.05, 3.63) is 35.4 Å². The molecular weight excluding hydrogens is 340 g/mol. The zero-order valence-corrected chi connectivity index (χ0v) is 15.9. The van der Waals surface area contributed by atoms with E-state index in [4.69, 9.17) is 4.74 Å². The Balaban J connectivity index is 1.64. The summed E-state index contributed by atoms with van der Waals surface area (Å²) in [6.07, 6.45) is 4.83. The molecule has 5 nitrogen and oxygen atoms in total. The number of likely N-dealkylation sites (N-methyl/N-ethyl adjacent to an activating group) is 1. The number of anilines is 1. The molecule has 5 heterocycles. The summed E-state index contributed by atoms with van der Waals surface area (Å²) in [5, 5.41) is 0. The van der Waals surface area contributed by atoms with Gasteiger partial charge >= 0.3 is 0 Å². The van der Waals surface area contributed by atoms with Gasteiger partial charge in [0, 0.05) is 43.3 Å². The fraction of sp³-hybridized carbons (Fsp3) is 0.545. The summed E-state index contributed by atoms with van der Waals surface area (Å²) in [4.78, 5) is 31.5. The predicted octanol–water partition coefficient (Wildman–Crippen LogP) is 1.94. The van der Waals surface area contributed by atoms with E-state index in [1.807, 2.05) is 13.0 Å². The van der Waals surface area contributed by atoms with Gasteiger partial charge in [-0.3, -0.25) is 9.69 Å². The van der Waals surface area contributed by atoms with Gasteiger partial charge in [0.25, 0.3) is 0 Å². The van der Waals surface area contributed by atoms with Crippen molar-refractivity contribution in [3.63, 3.8) is 0 Å². The highest BCUT2D eigenvalue weighted by atomic mass is 16.5. The molecule has 1 aromatic carbocycles. The van der Waals surface area contributed by atoms with E-state index in [1.165, 1.54) is 5.57 Å². The van der Waals surface area contributed by atoms with Gasteiger partial charge in [-0.25, -0.2) is 0 Å². The molecule has 4 saturated heterocycles. The number of carbonyl (C=O) groups excluding carboxylic acids is 2. The molecule has 1 saturated carbocycles. The fourth-order valence-corrected chi connectivity index (χ4v) is 7.53. The van der Waals surface area contributed by atoms with Crippen molar-refractivity contribution < 1.29 is 14.3 Å². The zero-order valence-electron chi connectivity index (χ0n) is 15.9. The first-order valence-electron chi connectivity index (χ1n) is 9.88. The number of aldehydes is 1. The van der Waals surface area contributed by atoms with E-state index in [2.05, 4.69) is 35.1 Å². The van der Waals surface area contributed by atoms with Gasteiger partial charge in [0.2, 0.25) is 0 Å². The number of fused-ring (bicyclic) bond motifs is 2. The molecule has 0 radical (unpaired) electrons. The average Bonchev–Trinajstić information content (AvgIpc) is 3.08. The minimum absolute atomic E-state index is 0.0488. The number of ketones is 1. The minimum atomic E-state index is -0.867. The van der Waals surface area contributed by atoms with E-state index in [-0.39, 0.29) is 23.8 Å². The topological polar surface area (TPSA) is 49.9 Å². The van der Waals surface area contributed by atoms with E-state index >= 15 is 0 Å². The molecule has 140 valence electrons. The third kappa shape index (κ3) is 1.38. The highest BCUT2D eigenvalue weighted by Gasteiger charge is 2.80. The Labute approximate surface area is 159 Å². The number of allylic oxidation sites excluding steroid dienone is 1. The van der Waals surface area contributed by atoms with Gasteiger partial charge in [0.05, 0.1) is 18.6 Å². The van der Waals surface area contributed by atoms with Crippen molar-refractivity contribution in [2.45, 2.75) is 43.3 Å². The molecule has 7 atom stereocenters. The van der Waals surface area contributed by atoms with E-state index in [0.717, 1.165) is 42.7 Å². The normalized spacial score (nSPS) is 46.8. The molecular formula is C22H24N2O3. The third-order valence-corrected chi connectivity index (χ3v) is 8.48. The third-order valence-electron chi connectivity index (χ3n) is 8.48. The number of nitrogens with zero attached hydrogens (tertiary/aromatic N) is 2. The molecule has 5 fully saturated rings. The molecule has 5 aliphatic heterocycles. The van der Waals surface area contributed by atoms with Crippen LogP contribution in [0.15, 0.2) is 29.8 Å². The lowest BCUT2D eigenvalue weighted by Crippen LogP contribution is -2.70. The number of ether oxygens (including phenoxy) is 1. The SMILES string of the molecule is C/C=C1/CN2C3CC45C(=O)[C@]3(C=O)[C@H]1C[C@H]2[C@H]4N(C)c1cc(OC)ccc15. The summed E-state index contributed by atoms with van der Waals surface area (Å²) in [7, 11) is 3.78. The molecule has 1 aromatic rings. The summed E-state index contributed by atoms with van der Waals surface area (Å²) < 4.78 is 5.44. The summed E-state index contributed by atoms with van der Waals surface area (Å²) in [5.41, 5.74) is 2.04. The Morgan fingerprint density at radius 1 is 1.33 bits per heavy atom. The lowest BCUT2D eigenvalue weighted by atomic mass is 9.59. The van der Waals surface area contributed by atoms with Gasteiger partial charge in [-0.15, -0.1) is 0 Å². The van der Waals surface area contributed by atoms with Crippen LogP contribution in [0.4, 0.5) is 5.69 Å². The molecule has 5 heteroatoms. The Morgan fingerprint density at radius 2 is 2.15 bits per heavy atom. The molecule has 0 N–H and O–H groups in total. The van der Waals surface area contributed by atoms with Crippen molar-refractivity contribution in [3.8, 4) is 5.75 Å². The first kappa shape index (κ1) is 15.9. The van der Waals surface area contributed by atoms with Crippen molar-refractivity contribution >= 4 is 17.8 Å². The maximum absolute atomic E-state index is 14.2. The minimum Gasteiger partial charge on any atom is -0.497 e. The molecule has 7 rings (SSSR count). The quantitative estimate of drug-likeness (QED) is 0.456. The van der Waals surface area contributed by atoms with Gasteiger partial charge < -0.3 is 14.4 Å². The standard InChI is InChI=1S/C22H24N2O3/c1-4-12-10-24-17-8-15(12)22(11-25)18(24)9-21(20(22)26)14-6-5-13(27-3)7-16(14)23(2)19(17)21/h4-7,11,15,17-19H,8-10H2,1-3H3/b12-4-/t15-,17-,18?,19+,21?,22+/m0/s1. The van der Waals surface area contributed by atoms with E-state index in [0.29, 0.717) is 6.04 Å². The van der Waals surface area contributed by atoms with Crippen LogP contribution in [0, 0.1) is 11.3 Å². The molecule has 5 bridgehead atoms. The molecule has 0 amide bonds. The smallest absolute Gasteiger partial charge is 0.161 e.